The summed E-state index contributed by atoms with van der Waals surface area (Å²) in [6.07, 6.45) is 4.02. The fraction of sp³-hybridized carbons (Fsp3) is 1.00. The van der Waals surface area contributed by atoms with Crippen LogP contribution in [-0.2, 0) is 9.47 Å². The number of rotatable bonds is 10. The van der Waals surface area contributed by atoms with Gasteiger partial charge in [0.2, 0.25) is 0 Å². The van der Waals surface area contributed by atoms with Crippen molar-refractivity contribution in [2.75, 3.05) is 33.0 Å². The zero-order valence-corrected chi connectivity index (χ0v) is 8.63. The fourth-order valence-electron chi connectivity index (χ4n) is 0.880. The molecule has 0 atom stereocenters. The number of hydrogen-bond acceptors (Lipinski definition) is 3. The Labute approximate surface area is 81.0 Å². The molecule has 0 unspecified atom stereocenters. The molecular weight excluding hydrogens is 168 g/mol. The van der Waals surface area contributed by atoms with Gasteiger partial charge in [-0.3, -0.25) is 0 Å². The molecule has 0 saturated carbocycles. The van der Waals surface area contributed by atoms with E-state index in [4.69, 9.17) is 14.6 Å². The van der Waals surface area contributed by atoms with Gasteiger partial charge < -0.3 is 14.6 Å². The first-order chi connectivity index (χ1) is 6.41. The smallest absolute Gasteiger partial charge is 0.0488 e. The van der Waals surface area contributed by atoms with Crippen molar-refractivity contribution in [2.45, 2.75) is 32.6 Å². The van der Waals surface area contributed by atoms with Crippen molar-refractivity contribution in [3.63, 3.8) is 0 Å². The summed E-state index contributed by atoms with van der Waals surface area (Å²) < 4.78 is 10.6. The maximum Gasteiger partial charge on any atom is 0.0488 e. The average molecular weight is 190 g/mol. The summed E-state index contributed by atoms with van der Waals surface area (Å²) in [7, 11) is 0. The minimum atomic E-state index is 0.215. The van der Waals surface area contributed by atoms with Gasteiger partial charge >= 0.3 is 0 Å². The molecule has 3 nitrogen and oxygen atoms in total. The topological polar surface area (TPSA) is 38.7 Å². The van der Waals surface area contributed by atoms with Crippen LogP contribution in [0.4, 0.5) is 0 Å². The lowest BCUT2D eigenvalue weighted by molar-refractivity contribution is 0.0753. The van der Waals surface area contributed by atoms with Crippen molar-refractivity contribution in [1.82, 2.24) is 0 Å². The average Bonchev–Trinajstić information content (AvgIpc) is 2.16. The first-order valence-corrected chi connectivity index (χ1v) is 5.18. The Bertz CT molecular complexity index is 76.2. The van der Waals surface area contributed by atoms with E-state index in [2.05, 4.69) is 6.92 Å². The molecule has 0 spiro atoms. The minimum absolute atomic E-state index is 0.215. The van der Waals surface area contributed by atoms with Crippen LogP contribution in [-0.4, -0.2) is 38.1 Å². The van der Waals surface area contributed by atoms with Crippen LogP contribution in [0.15, 0.2) is 0 Å². The zero-order chi connectivity index (χ0) is 9.78. The molecule has 0 rings (SSSR count). The van der Waals surface area contributed by atoms with E-state index in [9.17, 15) is 0 Å². The second-order valence-corrected chi connectivity index (χ2v) is 3.01. The van der Waals surface area contributed by atoms with Crippen molar-refractivity contribution in [2.24, 2.45) is 0 Å². The van der Waals surface area contributed by atoms with Crippen LogP contribution in [0.25, 0.3) is 0 Å². The lowest BCUT2D eigenvalue weighted by Crippen LogP contribution is -2.03. The van der Waals surface area contributed by atoms with Gasteiger partial charge in [-0.05, 0) is 19.3 Å². The molecule has 0 saturated heterocycles. The first kappa shape index (κ1) is 12.9. The van der Waals surface area contributed by atoms with Crippen LogP contribution in [0.2, 0.25) is 0 Å². The van der Waals surface area contributed by atoms with Crippen LogP contribution in [0.1, 0.15) is 32.6 Å². The van der Waals surface area contributed by atoms with Crippen molar-refractivity contribution in [3.05, 3.63) is 0 Å². The van der Waals surface area contributed by atoms with Gasteiger partial charge in [-0.2, -0.15) is 0 Å². The quantitative estimate of drug-likeness (QED) is 0.532. The van der Waals surface area contributed by atoms with Crippen molar-refractivity contribution >= 4 is 0 Å². The summed E-state index contributed by atoms with van der Waals surface area (Å²) >= 11 is 0. The third-order valence-corrected chi connectivity index (χ3v) is 1.67. The van der Waals surface area contributed by atoms with Crippen LogP contribution >= 0.6 is 0 Å². The summed E-state index contributed by atoms with van der Waals surface area (Å²) in [6.45, 7) is 5.43. The summed E-state index contributed by atoms with van der Waals surface area (Å²) in [6, 6.07) is 0. The Morgan fingerprint density at radius 2 is 1.38 bits per heavy atom. The molecule has 0 aromatic heterocycles. The molecular formula is C10H22O3. The second kappa shape index (κ2) is 11.9. The van der Waals surface area contributed by atoms with Crippen molar-refractivity contribution < 1.29 is 14.6 Å². The van der Waals surface area contributed by atoms with Gasteiger partial charge in [0.25, 0.3) is 0 Å². The number of aliphatic hydroxyl groups excluding tert-OH is 1. The predicted molar refractivity (Wildman–Crippen MR) is 52.9 cm³/mol. The van der Waals surface area contributed by atoms with E-state index in [1.165, 1.54) is 6.42 Å². The van der Waals surface area contributed by atoms with Gasteiger partial charge in [0.15, 0.2) is 0 Å². The van der Waals surface area contributed by atoms with Gasteiger partial charge in [0, 0.05) is 33.0 Å². The lowest BCUT2D eigenvalue weighted by Gasteiger charge is -2.04. The molecule has 0 aromatic carbocycles. The third kappa shape index (κ3) is 11.9. The highest BCUT2D eigenvalue weighted by Gasteiger charge is 1.90. The molecule has 13 heavy (non-hydrogen) atoms. The molecule has 0 aliphatic rings. The Kier molecular flexibility index (Phi) is 11.8. The summed E-state index contributed by atoms with van der Waals surface area (Å²) in [4.78, 5) is 0. The van der Waals surface area contributed by atoms with Gasteiger partial charge in [-0.15, -0.1) is 0 Å². The van der Waals surface area contributed by atoms with Crippen LogP contribution < -0.4 is 0 Å². The van der Waals surface area contributed by atoms with E-state index in [-0.39, 0.29) is 6.61 Å². The van der Waals surface area contributed by atoms with Gasteiger partial charge in [0.05, 0.1) is 0 Å². The number of ether oxygens (including phenoxy) is 2. The number of aliphatic hydroxyl groups is 1. The molecule has 0 radical (unpaired) electrons. The van der Waals surface area contributed by atoms with Crippen molar-refractivity contribution in [1.29, 1.82) is 0 Å². The highest BCUT2D eigenvalue weighted by atomic mass is 16.5. The Morgan fingerprint density at radius 3 is 1.92 bits per heavy atom. The molecule has 80 valence electrons. The van der Waals surface area contributed by atoms with Crippen LogP contribution in [0, 0.1) is 0 Å². The van der Waals surface area contributed by atoms with E-state index in [0.29, 0.717) is 6.61 Å². The predicted octanol–water partition coefficient (Wildman–Crippen LogP) is 1.59. The summed E-state index contributed by atoms with van der Waals surface area (Å²) in [5, 5.41) is 8.46. The third-order valence-electron chi connectivity index (χ3n) is 1.67. The molecule has 0 aromatic rings. The van der Waals surface area contributed by atoms with Crippen LogP contribution in [0.3, 0.4) is 0 Å². The van der Waals surface area contributed by atoms with E-state index in [1.54, 1.807) is 0 Å². The fourth-order valence-corrected chi connectivity index (χ4v) is 0.880. The molecule has 3 heteroatoms. The van der Waals surface area contributed by atoms with Crippen LogP contribution in [0.5, 0.6) is 0 Å². The SMILES string of the molecule is CCCCOCCCOCCCO. The standard InChI is InChI=1S/C10H22O3/c1-2-3-7-12-9-5-10-13-8-4-6-11/h11H,2-10H2,1H3. The first-order valence-electron chi connectivity index (χ1n) is 5.18. The molecule has 0 amide bonds. The summed E-state index contributed by atoms with van der Waals surface area (Å²) in [5.41, 5.74) is 0. The Hall–Kier alpha value is -0.120. The monoisotopic (exact) mass is 190 g/mol. The second-order valence-electron chi connectivity index (χ2n) is 3.01. The normalized spacial score (nSPS) is 10.6. The Morgan fingerprint density at radius 1 is 0.846 bits per heavy atom. The molecule has 1 N–H and O–H groups in total. The maximum atomic E-state index is 8.46. The number of unbranched alkanes of at least 4 members (excludes halogenated alkanes) is 1. The molecule has 0 aliphatic heterocycles. The molecule has 0 fully saturated rings. The maximum absolute atomic E-state index is 8.46. The van der Waals surface area contributed by atoms with E-state index < -0.39 is 0 Å². The van der Waals surface area contributed by atoms with E-state index in [0.717, 1.165) is 39.1 Å². The van der Waals surface area contributed by atoms with Crippen molar-refractivity contribution in [3.8, 4) is 0 Å². The minimum Gasteiger partial charge on any atom is -0.396 e. The van der Waals surface area contributed by atoms with E-state index >= 15 is 0 Å². The lowest BCUT2D eigenvalue weighted by atomic mass is 10.4. The van der Waals surface area contributed by atoms with E-state index in [1.807, 2.05) is 0 Å². The van der Waals surface area contributed by atoms with Gasteiger partial charge in [0.1, 0.15) is 0 Å². The molecule has 0 aliphatic carbocycles. The summed E-state index contributed by atoms with van der Waals surface area (Å²) in [5.74, 6) is 0. The number of hydrogen-bond donors (Lipinski definition) is 1. The Balaban J connectivity index is 2.76. The van der Waals surface area contributed by atoms with Gasteiger partial charge in [-0.1, -0.05) is 13.3 Å². The molecule has 0 heterocycles. The van der Waals surface area contributed by atoms with Gasteiger partial charge in [-0.25, -0.2) is 0 Å². The molecule has 0 bridgehead atoms. The highest BCUT2D eigenvalue weighted by molar-refractivity contribution is 4.37. The zero-order valence-electron chi connectivity index (χ0n) is 8.63. The largest absolute Gasteiger partial charge is 0.396 e. The highest BCUT2D eigenvalue weighted by Crippen LogP contribution is 1.91.